The summed E-state index contributed by atoms with van der Waals surface area (Å²) in [6.07, 6.45) is 9.29. The molecule has 0 atom stereocenters. The first-order chi connectivity index (χ1) is 14.0. The van der Waals surface area contributed by atoms with E-state index in [1.54, 1.807) is 0 Å². The number of carbonyl (C=O) groups excluding carboxylic acids is 3. The van der Waals surface area contributed by atoms with Crippen LogP contribution in [-0.2, 0) is 31.9 Å². The van der Waals surface area contributed by atoms with Crippen LogP contribution < -0.4 is 5.32 Å². The van der Waals surface area contributed by atoms with E-state index in [-0.39, 0.29) is 18.0 Å². The van der Waals surface area contributed by atoms with Crippen LogP contribution in [0.4, 0.5) is 5.00 Å². The summed E-state index contributed by atoms with van der Waals surface area (Å²) < 4.78 is 10.4. The summed E-state index contributed by atoms with van der Waals surface area (Å²) in [5.41, 5.74) is 1.09. The van der Waals surface area contributed by atoms with E-state index in [1.165, 1.54) is 37.7 Å². The SMILES string of the molecule is COC(=O)c1c(NC(=O)COC(=O)C23CC4CC(CC(C4)C2)C3)sc2c1CCC2. The molecule has 4 fully saturated rings. The molecule has 0 spiro atoms. The zero-order valence-corrected chi connectivity index (χ0v) is 17.6. The molecular formula is C22H27NO5S. The minimum atomic E-state index is -0.426. The minimum absolute atomic E-state index is 0.200. The molecule has 1 N–H and O–H groups in total. The van der Waals surface area contributed by atoms with Gasteiger partial charge < -0.3 is 14.8 Å². The van der Waals surface area contributed by atoms with Gasteiger partial charge in [0.05, 0.1) is 18.1 Å². The van der Waals surface area contributed by atoms with Gasteiger partial charge in [0.25, 0.3) is 5.91 Å². The molecule has 1 amide bonds. The number of carbonyl (C=O) groups is 3. The smallest absolute Gasteiger partial charge is 0.341 e. The molecule has 0 radical (unpaired) electrons. The van der Waals surface area contributed by atoms with Crippen molar-refractivity contribution in [2.75, 3.05) is 19.0 Å². The highest BCUT2D eigenvalue weighted by atomic mass is 32.1. The van der Waals surface area contributed by atoms with E-state index in [9.17, 15) is 14.4 Å². The van der Waals surface area contributed by atoms with Gasteiger partial charge in [-0.15, -0.1) is 11.3 Å². The van der Waals surface area contributed by atoms with Crippen molar-refractivity contribution in [2.45, 2.75) is 57.8 Å². The molecule has 0 aliphatic heterocycles. The number of thiophene rings is 1. The van der Waals surface area contributed by atoms with Gasteiger partial charge in [0.2, 0.25) is 0 Å². The third-order valence-electron chi connectivity index (χ3n) is 7.37. The molecule has 6 nitrogen and oxygen atoms in total. The molecule has 0 aromatic carbocycles. The molecule has 156 valence electrons. The van der Waals surface area contributed by atoms with Crippen molar-refractivity contribution in [2.24, 2.45) is 23.2 Å². The summed E-state index contributed by atoms with van der Waals surface area (Å²) >= 11 is 1.43. The number of methoxy groups -OCH3 is 1. The van der Waals surface area contributed by atoms with Crippen molar-refractivity contribution in [1.29, 1.82) is 0 Å². The van der Waals surface area contributed by atoms with Gasteiger partial charge in [0, 0.05) is 4.88 Å². The summed E-state index contributed by atoms with van der Waals surface area (Å²) in [6.45, 7) is -0.302. The predicted molar refractivity (Wildman–Crippen MR) is 108 cm³/mol. The normalized spacial score (nSPS) is 31.4. The van der Waals surface area contributed by atoms with Crippen LogP contribution in [0.3, 0.4) is 0 Å². The molecule has 0 saturated heterocycles. The van der Waals surface area contributed by atoms with Gasteiger partial charge >= 0.3 is 11.9 Å². The maximum atomic E-state index is 12.9. The zero-order valence-electron chi connectivity index (χ0n) is 16.8. The topological polar surface area (TPSA) is 81.7 Å². The van der Waals surface area contributed by atoms with Crippen molar-refractivity contribution < 1.29 is 23.9 Å². The predicted octanol–water partition coefficient (Wildman–Crippen LogP) is 3.72. The van der Waals surface area contributed by atoms with Gasteiger partial charge in [-0.05, 0) is 81.1 Å². The third-order valence-corrected chi connectivity index (χ3v) is 8.58. The summed E-state index contributed by atoms with van der Waals surface area (Å²) in [6, 6.07) is 0. The monoisotopic (exact) mass is 417 g/mol. The Kier molecular flexibility index (Phi) is 4.68. The number of fused-ring (bicyclic) bond motifs is 1. The molecule has 1 aromatic heterocycles. The van der Waals surface area contributed by atoms with Crippen molar-refractivity contribution in [3.8, 4) is 0 Å². The van der Waals surface area contributed by atoms with E-state index in [4.69, 9.17) is 9.47 Å². The number of hydrogen-bond acceptors (Lipinski definition) is 6. The Labute approximate surface area is 174 Å². The van der Waals surface area contributed by atoms with Crippen LogP contribution in [0.1, 0.15) is 65.7 Å². The lowest BCUT2D eigenvalue weighted by Gasteiger charge is -2.55. The highest BCUT2D eigenvalue weighted by Gasteiger charge is 2.55. The molecular weight excluding hydrogens is 390 g/mol. The fourth-order valence-electron chi connectivity index (χ4n) is 6.62. The van der Waals surface area contributed by atoms with E-state index in [2.05, 4.69) is 5.32 Å². The summed E-state index contributed by atoms with van der Waals surface area (Å²) in [4.78, 5) is 38.8. The van der Waals surface area contributed by atoms with E-state index in [0.29, 0.717) is 28.3 Å². The first-order valence-electron chi connectivity index (χ1n) is 10.7. The Morgan fingerprint density at radius 1 is 1.07 bits per heavy atom. The van der Waals surface area contributed by atoms with Crippen LogP contribution in [0.5, 0.6) is 0 Å². The first-order valence-corrected chi connectivity index (χ1v) is 11.5. The molecule has 4 saturated carbocycles. The number of ether oxygens (including phenoxy) is 2. The van der Waals surface area contributed by atoms with E-state index in [0.717, 1.165) is 49.0 Å². The molecule has 29 heavy (non-hydrogen) atoms. The largest absolute Gasteiger partial charge is 0.465 e. The number of esters is 2. The molecule has 1 aromatic rings. The van der Waals surface area contributed by atoms with Crippen LogP contribution in [0, 0.1) is 23.2 Å². The Hall–Kier alpha value is -1.89. The minimum Gasteiger partial charge on any atom is -0.465 e. The molecule has 1 heterocycles. The number of aryl methyl sites for hydroxylation is 1. The van der Waals surface area contributed by atoms with Crippen LogP contribution in [0.25, 0.3) is 0 Å². The lowest BCUT2D eigenvalue weighted by molar-refractivity contribution is -0.172. The molecule has 6 rings (SSSR count). The van der Waals surface area contributed by atoms with Crippen molar-refractivity contribution >= 4 is 34.2 Å². The van der Waals surface area contributed by atoms with Gasteiger partial charge in [-0.3, -0.25) is 9.59 Å². The Morgan fingerprint density at radius 3 is 2.34 bits per heavy atom. The Balaban J connectivity index is 1.23. The van der Waals surface area contributed by atoms with E-state index in [1.807, 2.05) is 0 Å². The second-order valence-electron chi connectivity index (χ2n) is 9.38. The fraction of sp³-hybridized carbons (Fsp3) is 0.682. The second-order valence-corrected chi connectivity index (χ2v) is 10.5. The molecule has 5 aliphatic carbocycles. The molecule has 5 aliphatic rings. The van der Waals surface area contributed by atoms with Crippen molar-refractivity contribution in [1.82, 2.24) is 0 Å². The summed E-state index contributed by atoms with van der Waals surface area (Å²) in [5.74, 6) is 0.934. The highest BCUT2D eigenvalue weighted by Crippen LogP contribution is 2.60. The lowest BCUT2D eigenvalue weighted by atomic mass is 9.49. The van der Waals surface area contributed by atoms with Crippen molar-refractivity contribution in [3.63, 3.8) is 0 Å². The Bertz CT molecular complexity index is 838. The Morgan fingerprint density at radius 2 is 1.72 bits per heavy atom. The van der Waals surface area contributed by atoms with Crippen LogP contribution in [-0.4, -0.2) is 31.6 Å². The standard InChI is InChI=1S/C22H27NO5S/c1-27-20(25)18-15-3-2-4-16(15)29-19(18)23-17(24)11-28-21(26)22-8-12-5-13(9-22)7-14(6-12)10-22/h12-14H,2-11H2,1H3,(H,23,24). The van der Waals surface area contributed by atoms with E-state index >= 15 is 0 Å². The number of amides is 1. The second kappa shape index (κ2) is 7.11. The van der Waals surface area contributed by atoms with Crippen LogP contribution >= 0.6 is 11.3 Å². The van der Waals surface area contributed by atoms with E-state index < -0.39 is 11.9 Å². The number of hydrogen-bond donors (Lipinski definition) is 1. The maximum Gasteiger partial charge on any atom is 0.341 e. The maximum absolute atomic E-state index is 12.9. The highest BCUT2D eigenvalue weighted by molar-refractivity contribution is 7.17. The van der Waals surface area contributed by atoms with Crippen LogP contribution in [0.15, 0.2) is 0 Å². The molecule has 4 bridgehead atoms. The fourth-order valence-corrected chi connectivity index (χ4v) is 7.91. The number of nitrogens with one attached hydrogen (secondary N) is 1. The van der Waals surface area contributed by atoms with Gasteiger partial charge in [-0.2, -0.15) is 0 Å². The average molecular weight is 418 g/mol. The van der Waals surface area contributed by atoms with Gasteiger partial charge in [0.1, 0.15) is 5.00 Å². The van der Waals surface area contributed by atoms with Crippen LogP contribution in [0.2, 0.25) is 0 Å². The van der Waals surface area contributed by atoms with Gasteiger partial charge in [0.15, 0.2) is 6.61 Å². The first kappa shape index (κ1) is 19.1. The summed E-state index contributed by atoms with van der Waals surface area (Å²) in [5, 5.41) is 3.30. The third kappa shape index (κ3) is 3.27. The zero-order chi connectivity index (χ0) is 20.2. The van der Waals surface area contributed by atoms with Gasteiger partial charge in [-0.25, -0.2) is 4.79 Å². The van der Waals surface area contributed by atoms with Crippen molar-refractivity contribution in [3.05, 3.63) is 16.0 Å². The average Bonchev–Trinajstić information content (AvgIpc) is 3.25. The number of anilines is 1. The summed E-state index contributed by atoms with van der Waals surface area (Å²) in [7, 11) is 1.35. The quantitative estimate of drug-likeness (QED) is 0.739. The molecule has 7 heteroatoms. The number of rotatable bonds is 5. The molecule has 0 unspecified atom stereocenters. The van der Waals surface area contributed by atoms with Gasteiger partial charge in [-0.1, -0.05) is 0 Å². The lowest BCUT2D eigenvalue weighted by Crippen LogP contribution is -2.50.